The molecule has 0 amide bonds. The van der Waals surface area contributed by atoms with Crippen molar-refractivity contribution in [2.75, 3.05) is 0 Å². The van der Waals surface area contributed by atoms with E-state index in [0.717, 1.165) is 12.1 Å². The summed E-state index contributed by atoms with van der Waals surface area (Å²) in [6.07, 6.45) is 4.00. The predicted molar refractivity (Wildman–Crippen MR) is 50.7 cm³/mol. The summed E-state index contributed by atoms with van der Waals surface area (Å²) in [7, 11) is 0. The van der Waals surface area contributed by atoms with Crippen LogP contribution in [0.5, 0.6) is 0 Å². The van der Waals surface area contributed by atoms with Crippen LogP contribution in [0.2, 0.25) is 0 Å². The molecule has 0 aromatic carbocycles. The molecule has 0 fully saturated rings. The molecule has 0 N–H and O–H groups in total. The molecule has 2 rings (SSSR count). The predicted octanol–water partition coefficient (Wildman–Crippen LogP) is 1.97. The van der Waals surface area contributed by atoms with Crippen LogP contribution < -0.4 is 0 Å². The Bertz CT molecular complexity index is 436. The van der Waals surface area contributed by atoms with E-state index >= 15 is 0 Å². The van der Waals surface area contributed by atoms with Crippen LogP contribution in [-0.4, -0.2) is 14.8 Å². The van der Waals surface area contributed by atoms with E-state index in [1.165, 1.54) is 10.7 Å². The lowest BCUT2D eigenvalue weighted by molar-refractivity contribution is 0.596. The molecule has 2 aromatic heterocycles. The van der Waals surface area contributed by atoms with Crippen molar-refractivity contribution in [3.8, 4) is 5.82 Å². The van der Waals surface area contributed by atoms with Crippen LogP contribution in [0.4, 0.5) is 4.39 Å². The van der Waals surface area contributed by atoms with E-state index in [1.54, 1.807) is 18.5 Å². The van der Waals surface area contributed by atoms with Crippen LogP contribution in [-0.2, 0) is 6.42 Å². The van der Waals surface area contributed by atoms with Crippen LogP contribution in [0, 0.1) is 5.82 Å². The Kier molecular flexibility index (Phi) is 2.26. The van der Waals surface area contributed by atoms with Crippen LogP contribution in [0.1, 0.15) is 12.6 Å². The van der Waals surface area contributed by atoms with Gasteiger partial charge in [-0.1, -0.05) is 6.92 Å². The van der Waals surface area contributed by atoms with Gasteiger partial charge in [0.05, 0.1) is 0 Å². The Hall–Kier alpha value is -1.71. The van der Waals surface area contributed by atoms with Crippen LogP contribution in [0.25, 0.3) is 5.82 Å². The zero-order valence-corrected chi connectivity index (χ0v) is 7.81. The van der Waals surface area contributed by atoms with E-state index in [4.69, 9.17) is 0 Å². The summed E-state index contributed by atoms with van der Waals surface area (Å²) in [5.41, 5.74) is 0.947. The number of nitrogens with zero attached hydrogens (tertiary/aromatic N) is 3. The van der Waals surface area contributed by atoms with Gasteiger partial charge in [0.15, 0.2) is 11.6 Å². The second-order valence-electron chi connectivity index (χ2n) is 2.90. The second-order valence-corrected chi connectivity index (χ2v) is 2.90. The van der Waals surface area contributed by atoms with Crippen molar-refractivity contribution < 1.29 is 4.39 Å². The summed E-state index contributed by atoms with van der Waals surface area (Å²) in [6.45, 7) is 1.99. The van der Waals surface area contributed by atoms with Gasteiger partial charge in [-0.15, -0.1) is 0 Å². The van der Waals surface area contributed by atoms with E-state index in [9.17, 15) is 4.39 Å². The maximum absolute atomic E-state index is 13.3. The quantitative estimate of drug-likeness (QED) is 0.726. The molecule has 0 aliphatic heterocycles. The van der Waals surface area contributed by atoms with Gasteiger partial charge in [0, 0.05) is 18.1 Å². The average Bonchev–Trinajstić information content (AvgIpc) is 2.66. The first-order valence-electron chi connectivity index (χ1n) is 4.46. The van der Waals surface area contributed by atoms with E-state index in [2.05, 4.69) is 10.1 Å². The molecule has 14 heavy (non-hydrogen) atoms. The normalized spacial score (nSPS) is 10.4. The lowest BCUT2D eigenvalue weighted by atomic mass is 10.3. The summed E-state index contributed by atoms with van der Waals surface area (Å²) in [5.74, 6) is -0.0970. The van der Waals surface area contributed by atoms with Crippen molar-refractivity contribution in [1.29, 1.82) is 0 Å². The Morgan fingerprint density at radius 2 is 2.21 bits per heavy atom. The van der Waals surface area contributed by atoms with Gasteiger partial charge in [-0.2, -0.15) is 5.10 Å². The van der Waals surface area contributed by atoms with Gasteiger partial charge in [0.2, 0.25) is 0 Å². The van der Waals surface area contributed by atoms with Gasteiger partial charge >= 0.3 is 0 Å². The van der Waals surface area contributed by atoms with E-state index in [1.807, 2.05) is 13.0 Å². The van der Waals surface area contributed by atoms with Crippen molar-refractivity contribution in [3.05, 3.63) is 42.1 Å². The summed E-state index contributed by atoms with van der Waals surface area (Å²) in [4.78, 5) is 3.95. The van der Waals surface area contributed by atoms with Crippen molar-refractivity contribution >= 4 is 0 Å². The first-order valence-corrected chi connectivity index (χ1v) is 4.46. The highest BCUT2D eigenvalue weighted by Gasteiger charge is 2.08. The molecule has 0 atom stereocenters. The second kappa shape index (κ2) is 3.57. The number of hydrogen-bond donors (Lipinski definition) is 0. The Labute approximate surface area is 81.2 Å². The lowest BCUT2D eigenvalue weighted by Crippen LogP contribution is -2.05. The zero-order chi connectivity index (χ0) is 9.97. The van der Waals surface area contributed by atoms with Gasteiger partial charge in [0.25, 0.3) is 0 Å². The fraction of sp³-hybridized carbons (Fsp3) is 0.200. The Morgan fingerprint density at radius 3 is 2.93 bits per heavy atom. The van der Waals surface area contributed by atoms with E-state index in [0.29, 0.717) is 0 Å². The molecule has 0 spiro atoms. The molecule has 2 aromatic rings. The summed E-state index contributed by atoms with van der Waals surface area (Å²) in [6, 6.07) is 4.80. The first kappa shape index (κ1) is 8.87. The molecule has 0 bridgehead atoms. The van der Waals surface area contributed by atoms with Gasteiger partial charge < -0.3 is 0 Å². The third-order valence-corrected chi connectivity index (χ3v) is 2.02. The summed E-state index contributed by atoms with van der Waals surface area (Å²) >= 11 is 0. The van der Waals surface area contributed by atoms with E-state index in [-0.39, 0.29) is 11.6 Å². The molecule has 0 aliphatic carbocycles. The topological polar surface area (TPSA) is 30.7 Å². The van der Waals surface area contributed by atoms with Gasteiger partial charge in [-0.05, 0) is 24.6 Å². The van der Waals surface area contributed by atoms with Crippen molar-refractivity contribution in [3.63, 3.8) is 0 Å². The molecule has 0 saturated heterocycles. The molecule has 0 unspecified atom stereocenters. The SMILES string of the molecule is CCc1ccnn1-c1ncccc1F. The third kappa shape index (κ3) is 1.39. The molecular formula is C10H10FN3. The number of aryl methyl sites for hydroxylation is 1. The molecule has 4 heteroatoms. The minimum absolute atomic E-state index is 0.259. The largest absolute Gasteiger partial charge is 0.235 e. The number of rotatable bonds is 2. The standard InChI is InChI=1S/C10H10FN3/c1-2-8-5-7-13-14(8)10-9(11)4-3-6-12-10/h3-7H,2H2,1H3. The van der Waals surface area contributed by atoms with E-state index < -0.39 is 0 Å². The minimum Gasteiger partial charge on any atom is -0.235 e. The van der Waals surface area contributed by atoms with Gasteiger partial charge in [-0.3, -0.25) is 0 Å². The van der Waals surface area contributed by atoms with Crippen molar-refractivity contribution in [1.82, 2.24) is 14.8 Å². The maximum atomic E-state index is 13.3. The molecule has 3 nitrogen and oxygen atoms in total. The smallest absolute Gasteiger partial charge is 0.189 e. The molecule has 0 radical (unpaired) electrons. The molecule has 0 saturated carbocycles. The first-order chi connectivity index (χ1) is 6.83. The number of halogens is 1. The number of pyridine rings is 1. The monoisotopic (exact) mass is 191 g/mol. The Morgan fingerprint density at radius 1 is 1.36 bits per heavy atom. The fourth-order valence-corrected chi connectivity index (χ4v) is 1.32. The Balaban J connectivity index is 2.54. The fourth-order valence-electron chi connectivity index (χ4n) is 1.32. The lowest BCUT2D eigenvalue weighted by Gasteiger charge is -2.04. The highest BCUT2D eigenvalue weighted by Crippen LogP contribution is 2.11. The van der Waals surface area contributed by atoms with Gasteiger partial charge in [0.1, 0.15) is 0 Å². The van der Waals surface area contributed by atoms with Gasteiger partial charge in [-0.25, -0.2) is 14.1 Å². The summed E-state index contributed by atoms with van der Waals surface area (Å²) < 4.78 is 14.9. The highest BCUT2D eigenvalue weighted by atomic mass is 19.1. The molecule has 0 aliphatic rings. The highest BCUT2D eigenvalue weighted by molar-refractivity contribution is 5.25. The van der Waals surface area contributed by atoms with Crippen molar-refractivity contribution in [2.24, 2.45) is 0 Å². The molecule has 2 heterocycles. The summed E-state index contributed by atoms with van der Waals surface area (Å²) in [5, 5.41) is 4.03. The van der Waals surface area contributed by atoms with Crippen LogP contribution in [0.3, 0.4) is 0 Å². The van der Waals surface area contributed by atoms with Crippen LogP contribution >= 0.6 is 0 Å². The third-order valence-electron chi connectivity index (χ3n) is 2.02. The van der Waals surface area contributed by atoms with Crippen LogP contribution in [0.15, 0.2) is 30.6 Å². The zero-order valence-electron chi connectivity index (χ0n) is 7.81. The van der Waals surface area contributed by atoms with Crippen molar-refractivity contribution in [2.45, 2.75) is 13.3 Å². The minimum atomic E-state index is -0.356. The average molecular weight is 191 g/mol. The number of aromatic nitrogens is 3. The number of hydrogen-bond acceptors (Lipinski definition) is 2. The molecular weight excluding hydrogens is 181 g/mol. The molecule has 72 valence electrons. The maximum Gasteiger partial charge on any atom is 0.189 e.